The normalized spacial score (nSPS) is 10.4. The lowest BCUT2D eigenvalue weighted by Gasteiger charge is -2.11. The SMILES string of the molecule is CC(=O)Nc1nc(COC(=O)c2ccccc2OCc2ccc(Cl)cc2)cs1. The van der Waals surface area contributed by atoms with Gasteiger partial charge in [-0.25, -0.2) is 9.78 Å². The van der Waals surface area contributed by atoms with Crippen LogP contribution in [0.1, 0.15) is 28.5 Å². The number of carbonyl (C=O) groups is 2. The second-order valence-corrected chi connectivity index (χ2v) is 7.11. The molecule has 0 bridgehead atoms. The maximum Gasteiger partial charge on any atom is 0.342 e. The fourth-order valence-electron chi connectivity index (χ4n) is 2.30. The molecular weight excluding hydrogens is 400 g/mol. The summed E-state index contributed by atoms with van der Waals surface area (Å²) in [5.41, 5.74) is 1.82. The number of hydrogen-bond acceptors (Lipinski definition) is 6. The second-order valence-electron chi connectivity index (χ2n) is 5.81. The summed E-state index contributed by atoms with van der Waals surface area (Å²) in [4.78, 5) is 27.7. The standard InChI is InChI=1S/C20H17ClN2O4S/c1-13(24)22-20-23-16(12-28-20)11-27-19(25)17-4-2-3-5-18(17)26-10-14-6-8-15(21)9-7-14/h2-9,12H,10-11H2,1H3,(H,22,23,24). The molecule has 0 saturated carbocycles. The van der Waals surface area contributed by atoms with Crippen LogP contribution in [0.2, 0.25) is 5.02 Å². The van der Waals surface area contributed by atoms with Crippen LogP contribution in [0.15, 0.2) is 53.9 Å². The third-order valence-electron chi connectivity index (χ3n) is 3.60. The molecule has 3 aromatic rings. The highest BCUT2D eigenvalue weighted by atomic mass is 35.5. The first-order valence-electron chi connectivity index (χ1n) is 8.36. The predicted molar refractivity (Wildman–Crippen MR) is 108 cm³/mol. The van der Waals surface area contributed by atoms with Gasteiger partial charge in [0.15, 0.2) is 5.13 Å². The molecule has 3 rings (SSSR count). The van der Waals surface area contributed by atoms with Gasteiger partial charge in [0, 0.05) is 17.3 Å². The summed E-state index contributed by atoms with van der Waals surface area (Å²) in [5, 5.41) is 5.43. The van der Waals surface area contributed by atoms with E-state index in [0.29, 0.717) is 33.8 Å². The van der Waals surface area contributed by atoms with Crippen molar-refractivity contribution >= 4 is 39.9 Å². The minimum Gasteiger partial charge on any atom is -0.488 e. The maximum absolute atomic E-state index is 12.5. The number of anilines is 1. The van der Waals surface area contributed by atoms with Crippen molar-refractivity contribution in [3.63, 3.8) is 0 Å². The summed E-state index contributed by atoms with van der Waals surface area (Å²) in [5.74, 6) is -0.287. The number of para-hydroxylation sites is 1. The molecule has 1 aromatic heterocycles. The zero-order chi connectivity index (χ0) is 19.9. The number of thiazole rings is 1. The summed E-state index contributed by atoms with van der Waals surface area (Å²) >= 11 is 7.15. The summed E-state index contributed by atoms with van der Waals surface area (Å²) in [7, 11) is 0. The Kier molecular flexibility index (Phi) is 6.62. The van der Waals surface area contributed by atoms with Crippen molar-refractivity contribution < 1.29 is 19.1 Å². The highest BCUT2D eigenvalue weighted by Crippen LogP contribution is 2.22. The Balaban J connectivity index is 1.61. The largest absolute Gasteiger partial charge is 0.488 e. The van der Waals surface area contributed by atoms with E-state index in [9.17, 15) is 9.59 Å². The molecule has 0 aliphatic heterocycles. The monoisotopic (exact) mass is 416 g/mol. The molecule has 28 heavy (non-hydrogen) atoms. The molecule has 0 fully saturated rings. The fraction of sp³-hybridized carbons (Fsp3) is 0.150. The Morgan fingerprint density at radius 1 is 1.11 bits per heavy atom. The van der Waals surface area contributed by atoms with Gasteiger partial charge in [-0.2, -0.15) is 0 Å². The third kappa shape index (κ3) is 5.55. The van der Waals surface area contributed by atoms with Crippen LogP contribution in [0.3, 0.4) is 0 Å². The molecule has 6 nitrogen and oxygen atoms in total. The van der Waals surface area contributed by atoms with Crippen LogP contribution in [-0.4, -0.2) is 16.9 Å². The number of nitrogens with one attached hydrogen (secondary N) is 1. The molecule has 0 atom stereocenters. The highest BCUT2D eigenvalue weighted by molar-refractivity contribution is 7.13. The molecule has 1 N–H and O–H groups in total. The van der Waals surface area contributed by atoms with Gasteiger partial charge in [0.1, 0.15) is 24.5 Å². The Morgan fingerprint density at radius 2 is 1.86 bits per heavy atom. The fourth-order valence-corrected chi connectivity index (χ4v) is 3.17. The van der Waals surface area contributed by atoms with Gasteiger partial charge in [-0.3, -0.25) is 4.79 Å². The van der Waals surface area contributed by atoms with Crippen molar-refractivity contribution in [2.24, 2.45) is 0 Å². The van der Waals surface area contributed by atoms with E-state index in [1.165, 1.54) is 18.3 Å². The minimum absolute atomic E-state index is 0.000433. The topological polar surface area (TPSA) is 77.5 Å². The summed E-state index contributed by atoms with van der Waals surface area (Å²) in [6, 6.07) is 14.2. The number of hydrogen-bond donors (Lipinski definition) is 1. The van der Waals surface area contributed by atoms with Crippen LogP contribution in [0.5, 0.6) is 5.75 Å². The molecule has 0 spiro atoms. The average Bonchev–Trinajstić information content (AvgIpc) is 3.12. The number of amides is 1. The highest BCUT2D eigenvalue weighted by Gasteiger charge is 2.15. The van der Waals surface area contributed by atoms with E-state index in [1.54, 1.807) is 41.8 Å². The number of halogens is 1. The van der Waals surface area contributed by atoms with E-state index in [0.717, 1.165) is 5.56 Å². The van der Waals surface area contributed by atoms with Gasteiger partial charge in [-0.05, 0) is 29.8 Å². The molecule has 0 aliphatic carbocycles. The van der Waals surface area contributed by atoms with Crippen LogP contribution in [0.4, 0.5) is 5.13 Å². The molecule has 144 valence electrons. The van der Waals surface area contributed by atoms with Crippen molar-refractivity contribution in [2.45, 2.75) is 20.1 Å². The predicted octanol–water partition coefficient (Wildman–Crippen LogP) is 4.69. The molecular formula is C20H17ClN2O4S. The van der Waals surface area contributed by atoms with E-state index >= 15 is 0 Å². The number of benzene rings is 2. The summed E-state index contributed by atoms with van der Waals surface area (Å²) < 4.78 is 11.1. The lowest BCUT2D eigenvalue weighted by atomic mass is 10.2. The first-order chi connectivity index (χ1) is 13.5. The van der Waals surface area contributed by atoms with Gasteiger partial charge in [-0.1, -0.05) is 35.9 Å². The van der Waals surface area contributed by atoms with Crippen molar-refractivity contribution in [1.82, 2.24) is 4.98 Å². The molecule has 8 heteroatoms. The lowest BCUT2D eigenvalue weighted by molar-refractivity contribution is -0.114. The molecule has 1 heterocycles. The van der Waals surface area contributed by atoms with E-state index in [2.05, 4.69) is 10.3 Å². The third-order valence-corrected chi connectivity index (χ3v) is 4.66. The van der Waals surface area contributed by atoms with Gasteiger partial charge in [0.2, 0.25) is 5.91 Å². The van der Waals surface area contributed by atoms with Crippen LogP contribution in [0.25, 0.3) is 0 Å². The van der Waals surface area contributed by atoms with E-state index in [4.69, 9.17) is 21.1 Å². The number of rotatable bonds is 7. The maximum atomic E-state index is 12.5. The minimum atomic E-state index is -0.513. The Bertz CT molecular complexity index is 972. The van der Waals surface area contributed by atoms with Gasteiger partial charge in [0.05, 0.1) is 5.69 Å². The van der Waals surface area contributed by atoms with Gasteiger partial charge < -0.3 is 14.8 Å². The smallest absolute Gasteiger partial charge is 0.342 e. The average molecular weight is 417 g/mol. The molecule has 1 amide bonds. The number of esters is 1. The number of nitrogens with zero attached hydrogens (tertiary/aromatic N) is 1. The molecule has 0 unspecified atom stereocenters. The number of carbonyl (C=O) groups excluding carboxylic acids is 2. The quantitative estimate of drug-likeness (QED) is 0.565. The summed E-state index contributed by atoms with van der Waals surface area (Å²) in [6.07, 6.45) is 0. The zero-order valence-corrected chi connectivity index (χ0v) is 16.5. The van der Waals surface area contributed by atoms with Crippen LogP contribution in [0, 0.1) is 0 Å². The van der Waals surface area contributed by atoms with Crippen molar-refractivity contribution in [2.75, 3.05) is 5.32 Å². The van der Waals surface area contributed by atoms with Crippen molar-refractivity contribution in [3.05, 3.63) is 75.8 Å². The van der Waals surface area contributed by atoms with Gasteiger partial charge in [0.25, 0.3) is 0 Å². The van der Waals surface area contributed by atoms with Crippen molar-refractivity contribution in [3.8, 4) is 5.75 Å². The number of ether oxygens (including phenoxy) is 2. The summed E-state index contributed by atoms with van der Waals surface area (Å²) in [6.45, 7) is 1.70. The molecule has 2 aromatic carbocycles. The first kappa shape index (κ1) is 19.9. The Hall–Kier alpha value is -2.90. The van der Waals surface area contributed by atoms with Gasteiger partial charge >= 0.3 is 5.97 Å². The number of aromatic nitrogens is 1. The van der Waals surface area contributed by atoms with Gasteiger partial charge in [-0.15, -0.1) is 11.3 Å². The zero-order valence-electron chi connectivity index (χ0n) is 15.0. The van der Waals surface area contributed by atoms with Crippen LogP contribution >= 0.6 is 22.9 Å². The van der Waals surface area contributed by atoms with E-state index in [-0.39, 0.29) is 12.5 Å². The van der Waals surface area contributed by atoms with E-state index in [1.807, 2.05) is 12.1 Å². The van der Waals surface area contributed by atoms with Crippen LogP contribution < -0.4 is 10.1 Å². The molecule has 0 radical (unpaired) electrons. The van der Waals surface area contributed by atoms with Crippen LogP contribution in [-0.2, 0) is 22.7 Å². The molecule has 0 aliphatic rings. The lowest BCUT2D eigenvalue weighted by Crippen LogP contribution is -2.09. The Labute approximate surface area is 171 Å². The van der Waals surface area contributed by atoms with E-state index < -0.39 is 5.97 Å². The molecule has 0 saturated heterocycles. The first-order valence-corrected chi connectivity index (χ1v) is 9.62. The van der Waals surface area contributed by atoms with Crippen molar-refractivity contribution in [1.29, 1.82) is 0 Å². The Morgan fingerprint density at radius 3 is 2.61 bits per heavy atom. The second kappa shape index (κ2) is 9.34.